The number of thiophene rings is 1. The maximum absolute atomic E-state index is 12.8. The molecule has 0 unspecified atom stereocenters. The fourth-order valence-corrected chi connectivity index (χ4v) is 4.59. The number of fused-ring (bicyclic) bond motifs is 1. The van der Waals surface area contributed by atoms with E-state index in [0.29, 0.717) is 11.4 Å². The van der Waals surface area contributed by atoms with Crippen LogP contribution in [0.2, 0.25) is 0 Å². The minimum Gasteiger partial charge on any atom is -0.481 e. The van der Waals surface area contributed by atoms with Crippen LogP contribution in [-0.4, -0.2) is 60.2 Å². The predicted molar refractivity (Wildman–Crippen MR) is 106 cm³/mol. The molecule has 0 aliphatic carbocycles. The third kappa shape index (κ3) is 3.76. The molecule has 1 aliphatic heterocycles. The van der Waals surface area contributed by atoms with E-state index in [1.807, 2.05) is 6.07 Å². The molecule has 1 aliphatic rings. The summed E-state index contributed by atoms with van der Waals surface area (Å²) in [6.45, 7) is 7.65. The SMILES string of the molecule is COc1ccc(C(=O)c2cc3cc(C)n(CCN4CCOCC4)c3s2)cn1. The summed E-state index contributed by atoms with van der Waals surface area (Å²) in [4.78, 5) is 21.3. The fraction of sp³-hybridized carbons (Fsp3) is 0.400. The standard InChI is InChI=1S/C20H23N3O3S/c1-14-11-16-12-17(19(24)15-3-4-18(25-2)21-13-15)27-20(16)23(14)6-5-22-7-9-26-10-8-22/h3-4,11-13H,5-10H2,1-2H3. The maximum atomic E-state index is 12.8. The fourth-order valence-electron chi connectivity index (χ4n) is 3.41. The lowest BCUT2D eigenvalue weighted by Gasteiger charge is -2.26. The van der Waals surface area contributed by atoms with Gasteiger partial charge in [-0.3, -0.25) is 9.69 Å². The second-order valence-electron chi connectivity index (χ2n) is 6.68. The van der Waals surface area contributed by atoms with Crippen molar-refractivity contribution in [2.45, 2.75) is 13.5 Å². The molecule has 142 valence electrons. The Labute approximate surface area is 162 Å². The van der Waals surface area contributed by atoms with Crippen LogP contribution in [0.1, 0.15) is 20.9 Å². The molecule has 0 bridgehead atoms. The van der Waals surface area contributed by atoms with Crippen LogP contribution in [0.3, 0.4) is 0 Å². The van der Waals surface area contributed by atoms with E-state index in [2.05, 4.69) is 27.4 Å². The smallest absolute Gasteiger partial charge is 0.212 e. The third-order valence-electron chi connectivity index (χ3n) is 4.95. The number of rotatable bonds is 6. The number of hydrogen-bond donors (Lipinski definition) is 0. The van der Waals surface area contributed by atoms with Gasteiger partial charge in [-0.1, -0.05) is 0 Å². The Balaban J connectivity index is 1.54. The molecule has 3 aromatic heterocycles. The van der Waals surface area contributed by atoms with Crippen LogP contribution in [0, 0.1) is 6.92 Å². The van der Waals surface area contributed by atoms with Gasteiger partial charge in [0.25, 0.3) is 0 Å². The van der Waals surface area contributed by atoms with Crippen LogP contribution < -0.4 is 4.74 Å². The van der Waals surface area contributed by atoms with Crippen molar-refractivity contribution in [2.24, 2.45) is 0 Å². The van der Waals surface area contributed by atoms with E-state index in [4.69, 9.17) is 9.47 Å². The first-order valence-corrected chi connectivity index (χ1v) is 9.92. The molecule has 4 rings (SSSR count). The number of aromatic nitrogens is 2. The molecule has 1 saturated heterocycles. The first kappa shape index (κ1) is 18.2. The van der Waals surface area contributed by atoms with Gasteiger partial charge in [0.1, 0.15) is 4.83 Å². The molecule has 0 amide bonds. The predicted octanol–water partition coefficient (Wildman–Crippen LogP) is 2.98. The molecule has 27 heavy (non-hydrogen) atoms. The summed E-state index contributed by atoms with van der Waals surface area (Å²) in [6.07, 6.45) is 1.57. The van der Waals surface area contributed by atoms with Gasteiger partial charge in [0, 0.05) is 55.1 Å². The third-order valence-corrected chi connectivity index (χ3v) is 6.12. The number of ether oxygens (including phenoxy) is 2. The van der Waals surface area contributed by atoms with Gasteiger partial charge < -0.3 is 14.0 Å². The van der Waals surface area contributed by atoms with Crippen LogP contribution >= 0.6 is 11.3 Å². The Hall–Kier alpha value is -2.22. The number of carbonyl (C=O) groups excluding carboxylic acids is 1. The number of morpholine rings is 1. The maximum Gasteiger partial charge on any atom is 0.212 e. The number of ketones is 1. The van der Waals surface area contributed by atoms with Gasteiger partial charge in [-0.15, -0.1) is 11.3 Å². The monoisotopic (exact) mass is 385 g/mol. The molecule has 3 aromatic rings. The highest BCUT2D eigenvalue weighted by atomic mass is 32.1. The summed E-state index contributed by atoms with van der Waals surface area (Å²) in [6, 6.07) is 7.63. The van der Waals surface area contributed by atoms with E-state index in [-0.39, 0.29) is 5.78 Å². The van der Waals surface area contributed by atoms with Gasteiger partial charge in [0.15, 0.2) is 0 Å². The molecule has 0 aromatic carbocycles. The van der Waals surface area contributed by atoms with Crippen molar-refractivity contribution in [3.8, 4) is 5.88 Å². The molecule has 6 nitrogen and oxygen atoms in total. The van der Waals surface area contributed by atoms with Gasteiger partial charge >= 0.3 is 0 Å². The highest BCUT2D eigenvalue weighted by molar-refractivity contribution is 7.20. The minimum absolute atomic E-state index is 0.00346. The number of hydrogen-bond acceptors (Lipinski definition) is 6. The first-order valence-electron chi connectivity index (χ1n) is 9.10. The minimum atomic E-state index is 0.00346. The van der Waals surface area contributed by atoms with Crippen LogP contribution in [0.4, 0.5) is 0 Å². The van der Waals surface area contributed by atoms with Crippen molar-refractivity contribution < 1.29 is 14.3 Å². The zero-order chi connectivity index (χ0) is 18.8. The van der Waals surface area contributed by atoms with Crippen molar-refractivity contribution in [1.29, 1.82) is 0 Å². The number of pyridine rings is 1. The molecule has 0 spiro atoms. The van der Waals surface area contributed by atoms with Gasteiger partial charge in [-0.05, 0) is 25.1 Å². The number of nitrogens with zero attached hydrogens (tertiary/aromatic N) is 3. The molecular weight excluding hydrogens is 362 g/mol. The lowest BCUT2D eigenvalue weighted by molar-refractivity contribution is 0.0365. The van der Waals surface area contributed by atoms with Crippen molar-refractivity contribution in [2.75, 3.05) is 40.0 Å². The largest absolute Gasteiger partial charge is 0.481 e. The highest BCUT2D eigenvalue weighted by Crippen LogP contribution is 2.30. The Bertz CT molecular complexity index is 939. The number of aryl methyl sites for hydroxylation is 1. The second kappa shape index (κ2) is 7.80. The summed E-state index contributed by atoms with van der Waals surface area (Å²) in [5.74, 6) is 0.511. The van der Waals surface area contributed by atoms with Crippen molar-refractivity contribution in [3.63, 3.8) is 0 Å². The summed E-state index contributed by atoms with van der Waals surface area (Å²) < 4.78 is 12.8. The second-order valence-corrected chi connectivity index (χ2v) is 7.71. The molecule has 0 N–H and O–H groups in total. The summed E-state index contributed by atoms with van der Waals surface area (Å²) >= 11 is 1.56. The van der Waals surface area contributed by atoms with Gasteiger partial charge in [0.05, 0.1) is 25.2 Å². The summed E-state index contributed by atoms with van der Waals surface area (Å²) in [5, 5.41) is 1.13. The summed E-state index contributed by atoms with van der Waals surface area (Å²) in [7, 11) is 1.56. The van der Waals surface area contributed by atoms with E-state index in [0.717, 1.165) is 54.5 Å². The van der Waals surface area contributed by atoms with E-state index in [1.165, 1.54) is 5.69 Å². The quantitative estimate of drug-likeness (QED) is 0.611. The average Bonchev–Trinajstić information content (AvgIpc) is 3.24. The van der Waals surface area contributed by atoms with E-state index < -0.39 is 0 Å². The first-order chi connectivity index (χ1) is 13.2. The lowest BCUT2D eigenvalue weighted by Crippen LogP contribution is -2.38. The van der Waals surface area contributed by atoms with E-state index >= 15 is 0 Å². The Morgan fingerprint density at radius 1 is 1.26 bits per heavy atom. The van der Waals surface area contributed by atoms with Crippen LogP contribution in [0.5, 0.6) is 5.88 Å². The zero-order valence-electron chi connectivity index (χ0n) is 15.6. The zero-order valence-corrected chi connectivity index (χ0v) is 16.4. The summed E-state index contributed by atoms with van der Waals surface area (Å²) in [5.41, 5.74) is 1.81. The Morgan fingerprint density at radius 2 is 2.07 bits per heavy atom. The lowest BCUT2D eigenvalue weighted by atomic mass is 10.1. The van der Waals surface area contributed by atoms with E-state index in [9.17, 15) is 4.79 Å². The van der Waals surface area contributed by atoms with Crippen LogP contribution in [0.25, 0.3) is 10.2 Å². The highest BCUT2D eigenvalue weighted by Gasteiger charge is 2.18. The molecule has 0 radical (unpaired) electrons. The molecule has 1 fully saturated rings. The normalized spacial score (nSPS) is 15.3. The molecule has 0 saturated carbocycles. The van der Waals surface area contributed by atoms with Crippen molar-refractivity contribution in [1.82, 2.24) is 14.5 Å². The van der Waals surface area contributed by atoms with Gasteiger partial charge in [-0.2, -0.15) is 0 Å². The number of methoxy groups -OCH3 is 1. The van der Waals surface area contributed by atoms with Gasteiger partial charge in [-0.25, -0.2) is 4.98 Å². The molecular formula is C20H23N3O3S. The number of carbonyl (C=O) groups is 1. The molecule has 4 heterocycles. The molecule has 7 heteroatoms. The van der Waals surface area contributed by atoms with Gasteiger partial charge in [0.2, 0.25) is 11.7 Å². The Kier molecular flexibility index (Phi) is 5.24. The van der Waals surface area contributed by atoms with Crippen molar-refractivity contribution >= 4 is 27.3 Å². The van der Waals surface area contributed by atoms with Crippen LogP contribution in [0.15, 0.2) is 30.5 Å². The van der Waals surface area contributed by atoms with Crippen LogP contribution in [-0.2, 0) is 11.3 Å². The molecule has 0 atom stereocenters. The van der Waals surface area contributed by atoms with Crippen molar-refractivity contribution in [3.05, 3.63) is 46.6 Å². The average molecular weight is 385 g/mol. The Morgan fingerprint density at radius 3 is 2.78 bits per heavy atom. The topological polar surface area (TPSA) is 56.6 Å². The van der Waals surface area contributed by atoms with E-state index in [1.54, 1.807) is 36.8 Å².